The predicted molar refractivity (Wildman–Crippen MR) is 70.5 cm³/mol. The molecule has 1 saturated heterocycles. The maximum atomic E-state index is 5.74. The van der Waals surface area contributed by atoms with E-state index in [0.717, 1.165) is 30.8 Å². The fourth-order valence-corrected chi connectivity index (χ4v) is 3.32. The Morgan fingerprint density at radius 3 is 2.76 bits per heavy atom. The van der Waals surface area contributed by atoms with E-state index in [1.165, 1.54) is 31.5 Å². The number of nitrogens with two attached hydrogens (primary N) is 1. The van der Waals surface area contributed by atoms with Crippen molar-refractivity contribution in [3.8, 4) is 0 Å². The summed E-state index contributed by atoms with van der Waals surface area (Å²) in [5, 5.41) is 0. The molecule has 0 aromatic heterocycles. The Bertz CT molecular complexity index is 362. The molecule has 2 N–H and O–H groups in total. The second kappa shape index (κ2) is 4.79. The summed E-state index contributed by atoms with van der Waals surface area (Å²) in [4.78, 5) is 2.60. The normalized spacial score (nSPS) is 32.9. The molecular weight excluding hydrogens is 208 g/mol. The molecule has 1 aliphatic carbocycles. The van der Waals surface area contributed by atoms with Gasteiger partial charge in [-0.25, -0.2) is 0 Å². The molecule has 2 heteroatoms. The molecule has 1 aromatic rings. The molecule has 0 bridgehead atoms. The first kappa shape index (κ1) is 11.2. The molecule has 0 radical (unpaired) electrons. The van der Waals surface area contributed by atoms with Crippen LogP contribution in [0.2, 0.25) is 0 Å². The van der Waals surface area contributed by atoms with E-state index < -0.39 is 0 Å². The first-order valence-electron chi connectivity index (χ1n) is 6.83. The van der Waals surface area contributed by atoms with Crippen LogP contribution in [0, 0.1) is 17.8 Å². The second-order valence-corrected chi connectivity index (χ2v) is 5.66. The van der Waals surface area contributed by atoms with Gasteiger partial charge in [-0.15, -0.1) is 0 Å². The highest BCUT2D eigenvalue weighted by Crippen LogP contribution is 2.46. The average molecular weight is 230 g/mol. The molecule has 2 fully saturated rings. The Morgan fingerprint density at radius 1 is 1.24 bits per heavy atom. The molecule has 0 spiro atoms. The van der Waals surface area contributed by atoms with E-state index >= 15 is 0 Å². The molecule has 1 aromatic carbocycles. The highest BCUT2D eigenvalue weighted by molar-refractivity contribution is 5.14. The Kier molecular flexibility index (Phi) is 3.17. The number of likely N-dealkylation sites (tertiary alicyclic amines) is 1. The van der Waals surface area contributed by atoms with E-state index in [1.54, 1.807) is 0 Å². The summed E-state index contributed by atoms with van der Waals surface area (Å²) in [5.41, 5.74) is 7.18. The SMILES string of the molecule is NCC1CC1C1CCN(Cc2ccccc2)C1. The highest BCUT2D eigenvalue weighted by Gasteiger charge is 2.43. The molecule has 3 unspecified atom stereocenters. The van der Waals surface area contributed by atoms with E-state index in [-0.39, 0.29) is 0 Å². The minimum Gasteiger partial charge on any atom is -0.330 e. The zero-order valence-electron chi connectivity index (χ0n) is 10.4. The lowest BCUT2D eigenvalue weighted by Crippen LogP contribution is -2.21. The van der Waals surface area contributed by atoms with Crippen molar-refractivity contribution in [2.45, 2.75) is 19.4 Å². The van der Waals surface area contributed by atoms with Crippen molar-refractivity contribution in [3.05, 3.63) is 35.9 Å². The summed E-state index contributed by atoms with van der Waals surface area (Å²) < 4.78 is 0. The van der Waals surface area contributed by atoms with E-state index in [9.17, 15) is 0 Å². The average Bonchev–Trinajstić information content (AvgIpc) is 3.03. The number of benzene rings is 1. The Morgan fingerprint density at radius 2 is 2.06 bits per heavy atom. The zero-order valence-corrected chi connectivity index (χ0v) is 10.4. The molecule has 17 heavy (non-hydrogen) atoms. The molecule has 2 nitrogen and oxygen atoms in total. The third kappa shape index (κ3) is 2.53. The minimum absolute atomic E-state index is 0.844. The van der Waals surface area contributed by atoms with Gasteiger partial charge in [0, 0.05) is 13.1 Å². The summed E-state index contributed by atoms with van der Waals surface area (Å²) in [6.45, 7) is 4.58. The van der Waals surface area contributed by atoms with Crippen molar-refractivity contribution in [1.82, 2.24) is 4.90 Å². The van der Waals surface area contributed by atoms with Crippen LogP contribution in [0.1, 0.15) is 18.4 Å². The first-order chi connectivity index (χ1) is 8.36. The Hall–Kier alpha value is -0.860. The number of rotatable bonds is 4. The Labute approximate surface area is 104 Å². The largest absolute Gasteiger partial charge is 0.330 e. The van der Waals surface area contributed by atoms with Crippen LogP contribution in [0.4, 0.5) is 0 Å². The van der Waals surface area contributed by atoms with Gasteiger partial charge in [0.05, 0.1) is 0 Å². The van der Waals surface area contributed by atoms with Crippen molar-refractivity contribution in [1.29, 1.82) is 0 Å². The molecule has 3 rings (SSSR count). The lowest BCUT2D eigenvalue weighted by Gasteiger charge is -2.16. The first-order valence-corrected chi connectivity index (χ1v) is 6.83. The van der Waals surface area contributed by atoms with Crippen LogP contribution in [0.5, 0.6) is 0 Å². The Balaban J connectivity index is 1.51. The van der Waals surface area contributed by atoms with Crippen LogP contribution >= 0.6 is 0 Å². The highest BCUT2D eigenvalue weighted by atomic mass is 15.1. The van der Waals surface area contributed by atoms with Crippen LogP contribution < -0.4 is 5.73 Å². The summed E-state index contributed by atoms with van der Waals surface area (Å²) in [7, 11) is 0. The lowest BCUT2D eigenvalue weighted by molar-refractivity contribution is 0.307. The van der Waals surface area contributed by atoms with Crippen LogP contribution in [0.15, 0.2) is 30.3 Å². The van der Waals surface area contributed by atoms with Crippen LogP contribution in [-0.4, -0.2) is 24.5 Å². The van der Waals surface area contributed by atoms with E-state index in [2.05, 4.69) is 35.2 Å². The van der Waals surface area contributed by atoms with Gasteiger partial charge in [0.1, 0.15) is 0 Å². The van der Waals surface area contributed by atoms with Gasteiger partial charge in [0.15, 0.2) is 0 Å². The molecule has 1 saturated carbocycles. The van der Waals surface area contributed by atoms with E-state index in [4.69, 9.17) is 5.73 Å². The van der Waals surface area contributed by atoms with Gasteiger partial charge in [-0.2, -0.15) is 0 Å². The minimum atomic E-state index is 0.844. The molecular formula is C15H22N2. The third-order valence-corrected chi connectivity index (χ3v) is 4.44. The number of hydrogen-bond donors (Lipinski definition) is 1. The molecule has 92 valence electrons. The summed E-state index contributed by atoms with van der Waals surface area (Å²) in [5.74, 6) is 2.71. The quantitative estimate of drug-likeness (QED) is 0.858. The zero-order chi connectivity index (χ0) is 11.7. The van der Waals surface area contributed by atoms with Gasteiger partial charge >= 0.3 is 0 Å². The summed E-state index contributed by atoms with van der Waals surface area (Å²) in [6, 6.07) is 10.8. The monoisotopic (exact) mass is 230 g/mol. The van der Waals surface area contributed by atoms with E-state index in [1.807, 2.05) is 0 Å². The van der Waals surface area contributed by atoms with Gasteiger partial charge < -0.3 is 5.73 Å². The van der Waals surface area contributed by atoms with Crippen LogP contribution in [0.3, 0.4) is 0 Å². The van der Waals surface area contributed by atoms with Crippen molar-refractivity contribution in [2.75, 3.05) is 19.6 Å². The van der Waals surface area contributed by atoms with Gasteiger partial charge in [-0.05, 0) is 49.2 Å². The van der Waals surface area contributed by atoms with Gasteiger partial charge in [-0.3, -0.25) is 4.90 Å². The summed E-state index contributed by atoms with van der Waals surface area (Å²) >= 11 is 0. The molecule has 2 aliphatic rings. The fourth-order valence-electron chi connectivity index (χ4n) is 3.32. The second-order valence-electron chi connectivity index (χ2n) is 5.66. The smallest absolute Gasteiger partial charge is 0.0233 e. The molecule has 3 atom stereocenters. The number of nitrogens with zero attached hydrogens (tertiary/aromatic N) is 1. The van der Waals surface area contributed by atoms with Crippen molar-refractivity contribution >= 4 is 0 Å². The molecule has 1 heterocycles. The van der Waals surface area contributed by atoms with E-state index in [0.29, 0.717) is 0 Å². The maximum Gasteiger partial charge on any atom is 0.0233 e. The van der Waals surface area contributed by atoms with Gasteiger partial charge in [-0.1, -0.05) is 30.3 Å². The number of hydrogen-bond acceptors (Lipinski definition) is 2. The predicted octanol–water partition coefficient (Wildman–Crippen LogP) is 2.10. The van der Waals surface area contributed by atoms with Crippen LogP contribution in [-0.2, 0) is 6.54 Å². The summed E-state index contributed by atoms with van der Waals surface area (Å²) in [6.07, 6.45) is 2.77. The van der Waals surface area contributed by atoms with Gasteiger partial charge in [0.25, 0.3) is 0 Å². The topological polar surface area (TPSA) is 29.3 Å². The van der Waals surface area contributed by atoms with Crippen LogP contribution in [0.25, 0.3) is 0 Å². The van der Waals surface area contributed by atoms with Crippen molar-refractivity contribution < 1.29 is 0 Å². The standard InChI is InChI=1S/C15H22N2/c16-9-14-8-15(14)13-6-7-17(11-13)10-12-4-2-1-3-5-12/h1-5,13-15H,6-11,16H2. The van der Waals surface area contributed by atoms with Crippen molar-refractivity contribution in [2.24, 2.45) is 23.5 Å². The lowest BCUT2D eigenvalue weighted by atomic mass is 10.0. The molecule has 1 aliphatic heterocycles. The molecule has 0 amide bonds. The fraction of sp³-hybridized carbons (Fsp3) is 0.600. The maximum absolute atomic E-state index is 5.74. The van der Waals surface area contributed by atoms with Gasteiger partial charge in [0.2, 0.25) is 0 Å². The third-order valence-electron chi connectivity index (χ3n) is 4.44. The van der Waals surface area contributed by atoms with Crippen molar-refractivity contribution in [3.63, 3.8) is 0 Å².